The van der Waals surface area contributed by atoms with Crippen molar-refractivity contribution in [2.75, 3.05) is 5.73 Å². The van der Waals surface area contributed by atoms with Gasteiger partial charge in [0, 0.05) is 0 Å². The topological polar surface area (TPSA) is 38.9 Å². The number of nitrogens with two attached hydrogens (primary N) is 1. The Morgan fingerprint density at radius 2 is 2.31 bits per heavy atom. The van der Waals surface area contributed by atoms with Gasteiger partial charge in [-0.2, -0.15) is 0 Å². The summed E-state index contributed by atoms with van der Waals surface area (Å²) in [4.78, 5) is 4.33. The van der Waals surface area contributed by atoms with Crippen molar-refractivity contribution in [1.29, 1.82) is 0 Å². The number of aromatic nitrogens is 1. The lowest BCUT2D eigenvalue weighted by molar-refractivity contribution is 0.927. The van der Waals surface area contributed by atoms with Gasteiger partial charge in [-0.3, -0.25) is 0 Å². The van der Waals surface area contributed by atoms with Crippen molar-refractivity contribution in [2.24, 2.45) is 0 Å². The molecule has 0 radical (unpaired) electrons. The molecule has 0 unspecified atom stereocenters. The van der Waals surface area contributed by atoms with Crippen LogP contribution in [0, 0.1) is 0 Å². The van der Waals surface area contributed by atoms with Gasteiger partial charge in [0.1, 0.15) is 0 Å². The zero-order valence-electron chi connectivity index (χ0n) is 7.58. The standard InChI is InChI=1S/C10H12N2S/c1-2-4-7-5-3-6-8-9(7)12-10(11)13-8/h3,5-6H,2,4H2,1H3,(H2,11,12). The Morgan fingerprint density at radius 3 is 3.08 bits per heavy atom. The number of anilines is 1. The van der Waals surface area contributed by atoms with Crippen molar-refractivity contribution >= 4 is 26.7 Å². The van der Waals surface area contributed by atoms with Crippen LogP contribution in [0.15, 0.2) is 18.2 Å². The van der Waals surface area contributed by atoms with Gasteiger partial charge in [-0.25, -0.2) is 4.98 Å². The Morgan fingerprint density at radius 1 is 1.46 bits per heavy atom. The van der Waals surface area contributed by atoms with Gasteiger partial charge >= 0.3 is 0 Å². The summed E-state index contributed by atoms with van der Waals surface area (Å²) in [6.07, 6.45) is 2.23. The molecular formula is C10H12N2S. The van der Waals surface area contributed by atoms with E-state index in [-0.39, 0.29) is 0 Å². The molecule has 2 N–H and O–H groups in total. The van der Waals surface area contributed by atoms with Gasteiger partial charge in [0.25, 0.3) is 0 Å². The van der Waals surface area contributed by atoms with E-state index in [0.717, 1.165) is 18.4 Å². The number of thiazole rings is 1. The number of para-hydroxylation sites is 1. The smallest absolute Gasteiger partial charge is 0.181 e. The highest BCUT2D eigenvalue weighted by Crippen LogP contribution is 2.26. The fourth-order valence-corrected chi connectivity index (χ4v) is 2.28. The van der Waals surface area contributed by atoms with Gasteiger partial charge in [-0.15, -0.1) is 0 Å². The fourth-order valence-electron chi connectivity index (χ4n) is 1.49. The summed E-state index contributed by atoms with van der Waals surface area (Å²) in [6, 6.07) is 6.28. The second-order valence-electron chi connectivity index (χ2n) is 3.07. The van der Waals surface area contributed by atoms with Crippen LogP contribution in [0.25, 0.3) is 10.2 Å². The van der Waals surface area contributed by atoms with Crippen LogP contribution >= 0.6 is 11.3 Å². The number of nitrogens with zero attached hydrogens (tertiary/aromatic N) is 1. The minimum atomic E-state index is 0.665. The Labute approximate surface area is 81.4 Å². The Bertz CT molecular complexity index is 420. The van der Waals surface area contributed by atoms with Gasteiger partial charge in [-0.1, -0.05) is 36.8 Å². The maximum atomic E-state index is 5.66. The second-order valence-corrected chi connectivity index (χ2v) is 4.13. The largest absolute Gasteiger partial charge is 0.375 e. The van der Waals surface area contributed by atoms with Gasteiger partial charge < -0.3 is 5.73 Å². The molecule has 0 fully saturated rings. The highest BCUT2D eigenvalue weighted by molar-refractivity contribution is 7.22. The second kappa shape index (κ2) is 3.34. The van der Waals surface area contributed by atoms with E-state index < -0.39 is 0 Å². The molecule has 1 heterocycles. The van der Waals surface area contributed by atoms with Gasteiger partial charge in [0.05, 0.1) is 10.2 Å². The molecule has 0 saturated carbocycles. The summed E-state index contributed by atoms with van der Waals surface area (Å²) >= 11 is 1.56. The predicted octanol–water partition coefficient (Wildman–Crippen LogP) is 2.83. The molecule has 0 saturated heterocycles. The SMILES string of the molecule is CCCc1cccc2sc(N)nc12. The number of fused-ring (bicyclic) bond motifs is 1. The first-order valence-electron chi connectivity index (χ1n) is 4.45. The third-order valence-electron chi connectivity index (χ3n) is 2.04. The van der Waals surface area contributed by atoms with Crippen LogP contribution in [0.3, 0.4) is 0 Å². The van der Waals surface area contributed by atoms with E-state index in [4.69, 9.17) is 5.73 Å². The molecular weight excluding hydrogens is 180 g/mol. The average Bonchev–Trinajstić information content (AvgIpc) is 2.47. The lowest BCUT2D eigenvalue weighted by Gasteiger charge is -1.97. The maximum Gasteiger partial charge on any atom is 0.181 e. The molecule has 68 valence electrons. The van der Waals surface area contributed by atoms with Crippen LogP contribution in [0.5, 0.6) is 0 Å². The molecule has 0 atom stereocenters. The van der Waals surface area contributed by atoms with Gasteiger partial charge in [0.15, 0.2) is 5.13 Å². The molecule has 3 heteroatoms. The fraction of sp³-hybridized carbons (Fsp3) is 0.300. The van der Waals surface area contributed by atoms with Gasteiger partial charge in [0.2, 0.25) is 0 Å². The molecule has 0 bridgehead atoms. The molecule has 0 aliphatic carbocycles. The van der Waals surface area contributed by atoms with Crippen molar-refractivity contribution < 1.29 is 0 Å². The van der Waals surface area contributed by atoms with Crippen LogP contribution in [0.2, 0.25) is 0 Å². The van der Waals surface area contributed by atoms with Crippen LogP contribution in [-0.2, 0) is 6.42 Å². The third-order valence-corrected chi connectivity index (χ3v) is 2.89. The number of aryl methyl sites for hydroxylation is 1. The van der Waals surface area contributed by atoms with E-state index in [1.807, 2.05) is 0 Å². The van der Waals surface area contributed by atoms with Crippen LogP contribution in [-0.4, -0.2) is 4.98 Å². The van der Waals surface area contributed by atoms with Crippen LogP contribution in [0.4, 0.5) is 5.13 Å². The minimum absolute atomic E-state index is 0.665. The highest BCUT2D eigenvalue weighted by Gasteiger charge is 2.04. The number of benzene rings is 1. The van der Waals surface area contributed by atoms with E-state index >= 15 is 0 Å². The highest BCUT2D eigenvalue weighted by atomic mass is 32.1. The molecule has 0 aliphatic heterocycles. The lowest BCUT2D eigenvalue weighted by atomic mass is 10.1. The number of nitrogen functional groups attached to an aromatic ring is 1. The first kappa shape index (κ1) is 8.51. The van der Waals surface area contributed by atoms with E-state index in [1.54, 1.807) is 11.3 Å². The normalized spacial score (nSPS) is 10.8. The number of hydrogen-bond donors (Lipinski definition) is 1. The zero-order chi connectivity index (χ0) is 9.26. The Hall–Kier alpha value is -1.09. The lowest BCUT2D eigenvalue weighted by Crippen LogP contribution is -1.86. The predicted molar refractivity (Wildman–Crippen MR) is 58.0 cm³/mol. The first-order valence-corrected chi connectivity index (χ1v) is 5.27. The molecule has 0 aliphatic rings. The van der Waals surface area contributed by atoms with E-state index in [1.165, 1.54) is 10.3 Å². The van der Waals surface area contributed by atoms with Gasteiger partial charge in [-0.05, 0) is 18.1 Å². The quantitative estimate of drug-likeness (QED) is 0.794. The maximum absolute atomic E-state index is 5.66. The van der Waals surface area contributed by atoms with E-state index in [0.29, 0.717) is 5.13 Å². The molecule has 0 spiro atoms. The number of rotatable bonds is 2. The van der Waals surface area contributed by atoms with Crippen LogP contribution < -0.4 is 5.73 Å². The minimum Gasteiger partial charge on any atom is -0.375 e. The molecule has 13 heavy (non-hydrogen) atoms. The summed E-state index contributed by atoms with van der Waals surface area (Å²) in [5.41, 5.74) is 8.07. The summed E-state index contributed by atoms with van der Waals surface area (Å²) in [7, 11) is 0. The number of hydrogen-bond acceptors (Lipinski definition) is 3. The molecule has 2 nitrogen and oxygen atoms in total. The van der Waals surface area contributed by atoms with Crippen molar-refractivity contribution in [3.8, 4) is 0 Å². The van der Waals surface area contributed by atoms with Crippen molar-refractivity contribution in [2.45, 2.75) is 19.8 Å². The Balaban J connectivity index is 2.60. The molecule has 1 aromatic heterocycles. The first-order chi connectivity index (χ1) is 6.31. The summed E-state index contributed by atoms with van der Waals surface area (Å²) in [5.74, 6) is 0. The van der Waals surface area contributed by atoms with Crippen molar-refractivity contribution in [3.05, 3.63) is 23.8 Å². The van der Waals surface area contributed by atoms with Crippen LogP contribution in [0.1, 0.15) is 18.9 Å². The zero-order valence-corrected chi connectivity index (χ0v) is 8.40. The molecule has 1 aromatic carbocycles. The molecule has 2 rings (SSSR count). The summed E-state index contributed by atoms with van der Waals surface area (Å²) in [6.45, 7) is 2.18. The van der Waals surface area contributed by atoms with Crippen molar-refractivity contribution in [1.82, 2.24) is 4.98 Å². The van der Waals surface area contributed by atoms with E-state index in [9.17, 15) is 0 Å². The molecule has 2 aromatic rings. The third kappa shape index (κ3) is 1.52. The molecule has 0 amide bonds. The summed E-state index contributed by atoms with van der Waals surface area (Å²) < 4.78 is 1.20. The average molecular weight is 192 g/mol. The monoisotopic (exact) mass is 192 g/mol. The Kier molecular flexibility index (Phi) is 2.19. The van der Waals surface area contributed by atoms with Crippen molar-refractivity contribution in [3.63, 3.8) is 0 Å². The summed E-state index contributed by atoms with van der Waals surface area (Å²) in [5, 5.41) is 0.665. The van der Waals surface area contributed by atoms with E-state index in [2.05, 4.69) is 30.1 Å².